The standard InChI is InChI=1S/C24H20ClN3O2/c1-15(29)26-18-9-7-17(8-10-18)19-11-12-20-22(13-16-5-3-2-4-6-16)27-28-24(30)23(20)21(19)14-25/h2-12H,13-14H2,1H3,(H,26,29)(H,28,30). The smallest absolute Gasteiger partial charge is 0.272 e. The summed E-state index contributed by atoms with van der Waals surface area (Å²) in [5.41, 5.74) is 4.94. The molecule has 4 aromatic rings. The molecule has 1 amide bonds. The molecule has 0 radical (unpaired) electrons. The lowest BCUT2D eigenvalue weighted by atomic mass is 9.94. The molecular formula is C24H20ClN3O2. The number of amides is 1. The fourth-order valence-corrected chi connectivity index (χ4v) is 3.93. The molecule has 0 spiro atoms. The number of nitrogens with zero attached hydrogens (tertiary/aromatic N) is 1. The molecule has 1 heterocycles. The van der Waals surface area contributed by atoms with E-state index in [0.717, 1.165) is 33.3 Å². The van der Waals surface area contributed by atoms with E-state index >= 15 is 0 Å². The van der Waals surface area contributed by atoms with Crippen LogP contribution in [0.3, 0.4) is 0 Å². The van der Waals surface area contributed by atoms with E-state index in [4.69, 9.17) is 11.6 Å². The van der Waals surface area contributed by atoms with Gasteiger partial charge in [-0.25, -0.2) is 5.10 Å². The molecule has 0 aliphatic carbocycles. The van der Waals surface area contributed by atoms with Crippen LogP contribution in [0.1, 0.15) is 23.7 Å². The highest BCUT2D eigenvalue weighted by atomic mass is 35.5. The van der Waals surface area contributed by atoms with Gasteiger partial charge < -0.3 is 5.32 Å². The molecule has 0 saturated carbocycles. The number of aromatic amines is 1. The molecule has 6 heteroatoms. The number of anilines is 1. The molecule has 2 N–H and O–H groups in total. The maximum atomic E-state index is 12.7. The van der Waals surface area contributed by atoms with E-state index in [0.29, 0.717) is 17.5 Å². The van der Waals surface area contributed by atoms with Gasteiger partial charge in [0.05, 0.1) is 11.1 Å². The van der Waals surface area contributed by atoms with Gasteiger partial charge in [0.25, 0.3) is 5.56 Å². The second kappa shape index (κ2) is 8.51. The minimum atomic E-state index is -0.255. The summed E-state index contributed by atoms with van der Waals surface area (Å²) in [5.74, 6) is 0.0673. The van der Waals surface area contributed by atoms with Gasteiger partial charge in [-0.1, -0.05) is 54.6 Å². The number of benzene rings is 3. The summed E-state index contributed by atoms with van der Waals surface area (Å²) in [7, 11) is 0. The number of carbonyl (C=O) groups excluding carboxylic acids is 1. The van der Waals surface area contributed by atoms with Gasteiger partial charge in [-0.3, -0.25) is 9.59 Å². The van der Waals surface area contributed by atoms with Crippen LogP contribution in [-0.2, 0) is 17.1 Å². The Kier molecular flexibility index (Phi) is 5.63. The van der Waals surface area contributed by atoms with Crippen molar-refractivity contribution in [2.75, 3.05) is 5.32 Å². The van der Waals surface area contributed by atoms with E-state index in [9.17, 15) is 9.59 Å². The first-order valence-corrected chi connectivity index (χ1v) is 10.1. The quantitative estimate of drug-likeness (QED) is 0.454. The zero-order valence-corrected chi connectivity index (χ0v) is 17.2. The molecule has 0 fully saturated rings. The van der Waals surface area contributed by atoms with Crippen molar-refractivity contribution in [3.05, 3.63) is 93.9 Å². The molecule has 150 valence electrons. The number of aromatic nitrogens is 2. The van der Waals surface area contributed by atoms with Crippen LogP contribution >= 0.6 is 11.6 Å². The SMILES string of the molecule is CC(=O)Nc1ccc(-c2ccc3c(Cc4ccccc4)n[nH]c(=O)c3c2CCl)cc1. The molecule has 0 aliphatic rings. The highest BCUT2D eigenvalue weighted by Gasteiger charge is 2.15. The summed E-state index contributed by atoms with van der Waals surface area (Å²) >= 11 is 6.32. The maximum Gasteiger partial charge on any atom is 0.272 e. The minimum absolute atomic E-state index is 0.125. The van der Waals surface area contributed by atoms with Crippen molar-refractivity contribution < 1.29 is 4.79 Å². The molecule has 5 nitrogen and oxygen atoms in total. The van der Waals surface area contributed by atoms with Gasteiger partial charge >= 0.3 is 0 Å². The van der Waals surface area contributed by atoms with Crippen LogP contribution < -0.4 is 10.9 Å². The number of rotatable bonds is 5. The molecule has 1 aromatic heterocycles. The number of fused-ring (bicyclic) bond motifs is 1. The fraction of sp³-hybridized carbons (Fsp3) is 0.125. The molecule has 4 rings (SSSR count). The van der Waals surface area contributed by atoms with Crippen molar-refractivity contribution in [1.29, 1.82) is 0 Å². The van der Waals surface area contributed by atoms with Crippen molar-refractivity contribution in [3.8, 4) is 11.1 Å². The molecule has 0 unspecified atom stereocenters. The van der Waals surface area contributed by atoms with E-state index < -0.39 is 0 Å². The Bertz CT molecular complexity index is 1270. The number of hydrogen-bond donors (Lipinski definition) is 2. The van der Waals surface area contributed by atoms with Gasteiger partial charge in [0.1, 0.15) is 0 Å². The van der Waals surface area contributed by atoms with Crippen LogP contribution in [0.2, 0.25) is 0 Å². The van der Waals surface area contributed by atoms with Crippen LogP contribution in [0, 0.1) is 0 Å². The van der Waals surface area contributed by atoms with E-state index in [-0.39, 0.29) is 17.3 Å². The van der Waals surface area contributed by atoms with Crippen LogP contribution in [-0.4, -0.2) is 16.1 Å². The molecule has 0 bridgehead atoms. The topological polar surface area (TPSA) is 74.8 Å². The number of carbonyl (C=O) groups is 1. The Hall–Kier alpha value is -3.44. The highest BCUT2D eigenvalue weighted by Crippen LogP contribution is 2.32. The Morgan fingerprint density at radius 2 is 1.77 bits per heavy atom. The van der Waals surface area contributed by atoms with Gasteiger partial charge in [0.2, 0.25) is 5.91 Å². The lowest BCUT2D eigenvalue weighted by molar-refractivity contribution is -0.114. The number of halogens is 1. The third-order valence-electron chi connectivity index (χ3n) is 5.01. The predicted molar refractivity (Wildman–Crippen MR) is 121 cm³/mol. The predicted octanol–water partition coefficient (Wildman–Crippen LogP) is 4.88. The summed E-state index contributed by atoms with van der Waals surface area (Å²) in [6, 6.07) is 21.4. The number of nitrogens with one attached hydrogen (secondary N) is 2. The molecule has 3 aromatic carbocycles. The van der Waals surface area contributed by atoms with Crippen LogP contribution in [0.25, 0.3) is 21.9 Å². The van der Waals surface area contributed by atoms with Gasteiger partial charge in [-0.05, 0) is 34.4 Å². The van der Waals surface area contributed by atoms with Crippen molar-refractivity contribution in [3.63, 3.8) is 0 Å². The van der Waals surface area contributed by atoms with Crippen molar-refractivity contribution in [1.82, 2.24) is 10.2 Å². The highest BCUT2D eigenvalue weighted by molar-refractivity contribution is 6.18. The first-order valence-electron chi connectivity index (χ1n) is 9.58. The molecular weight excluding hydrogens is 398 g/mol. The monoisotopic (exact) mass is 417 g/mol. The van der Waals surface area contributed by atoms with Gasteiger partial charge in [0.15, 0.2) is 0 Å². The summed E-state index contributed by atoms with van der Waals surface area (Å²) in [6.45, 7) is 1.47. The minimum Gasteiger partial charge on any atom is -0.326 e. The zero-order valence-electron chi connectivity index (χ0n) is 16.4. The third-order valence-corrected chi connectivity index (χ3v) is 5.27. The van der Waals surface area contributed by atoms with Crippen molar-refractivity contribution >= 4 is 34.0 Å². The molecule has 30 heavy (non-hydrogen) atoms. The fourth-order valence-electron chi connectivity index (χ4n) is 3.65. The second-order valence-electron chi connectivity index (χ2n) is 7.07. The van der Waals surface area contributed by atoms with Gasteiger partial charge in [-0.15, -0.1) is 11.6 Å². The lowest BCUT2D eigenvalue weighted by Crippen LogP contribution is -2.13. The number of H-pyrrole nitrogens is 1. The zero-order chi connectivity index (χ0) is 21.1. The van der Waals surface area contributed by atoms with Crippen molar-refractivity contribution in [2.45, 2.75) is 19.2 Å². The van der Waals surface area contributed by atoms with Crippen LogP contribution in [0.5, 0.6) is 0 Å². The Morgan fingerprint density at radius 3 is 2.43 bits per heavy atom. The molecule has 0 saturated heterocycles. The largest absolute Gasteiger partial charge is 0.326 e. The first-order chi connectivity index (χ1) is 14.6. The van der Waals surface area contributed by atoms with Gasteiger partial charge in [0, 0.05) is 30.3 Å². The lowest BCUT2D eigenvalue weighted by Gasteiger charge is -2.13. The number of hydrogen-bond acceptors (Lipinski definition) is 3. The van der Waals surface area contributed by atoms with Crippen LogP contribution in [0.15, 0.2) is 71.5 Å². The summed E-state index contributed by atoms with van der Waals surface area (Å²) in [6.07, 6.45) is 0.612. The number of alkyl halides is 1. The summed E-state index contributed by atoms with van der Waals surface area (Å²) < 4.78 is 0. The van der Waals surface area contributed by atoms with E-state index in [1.165, 1.54) is 6.92 Å². The summed E-state index contributed by atoms with van der Waals surface area (Å²) in [4.78, 5) is 23.9. The van der Waals surface area contributed by atoms with E-state index in [1.54, 1.807) is 0 Å². The van der Waals surface area contributed by atoms with E-state index in [1.807, 2.05) is 66.7 Å². The van der Waals surface area contributed by atoms with Crippen molar-refractivity contribution in [2.24, 2.45) is 0 Å². The summed E-state index contributed by atoms with van der Waals surface area (Å²) in [5, 5.41) is 11.1. The molecule has 0 atom stereocenters. The second-order valence-corrected chi connectivity index (χ2v) is 7.34. The molecule has 0 aliphatic heterocycles. The Balaban J connectivity index is 1.82. The normalized spacial score (nSPS) is 10.9. The van der Waals surface area contributed by atoms with E-state index in [2.05, 4.69) is 15.5 Å². The van der Waals surface area contributed by atoms with Gasteiger partial charge in [-0.2, -0.15) is 5.10 Å². The maximum absolute atomic E-state index is 12.7. The third kappa shape index (κ3) is 3.98. The first kappa shape index (κ1) is 19.9. The Morgan fingerprint density at radius 1 is 1.03 bits per heavy atom. The average molecular weight is 418 g/mol. The average Bonchev–Trinajstić information content (AvgIpc) is 2.76. The Labute approximate surface area is 178 Å². The van der Waals surface area contributed by atoms with Crippen LogP contribution in [0.4, 0.5) is 5.69 Å².